The van der Waals surface area contributed by atoms with E-state index in [0.717, 1.165) is 23.4 Å². The van der Waals surface area contributed by atoms with Gasteiger partial charge in [-0.2, -0.15) is 0 Å². The maximum Gasteiger partial charge on any atom is 0.234 e. The number of hydrogen-bond donors (Lipinski definition) is 2. The first-order valence-electron chi connectivity index (χ1n) is 11.3. The van der Waals surface area contributed by atoms with Crippen molar-refractivity contribution < 1.29 is 14.3 Å². The maximum atomic E-state index is 12.5. The van der Waals surface area contributed by atoms with Gasteiger partial charge < -0.3 is 19.9 Å². The summed E-state index contributed by atoms with van der Waals surface area (Å²) in [4.78, 5) is 24.9. The highest BCUT2D eigenvalue weighted by Crippen LogP contribution is 2.21. The smallest absolute Gasteiger partial charge is 0.234 e. The molecule has 2 aromatic carbocycles. The van der Waals surface area contributed by atoms with Gasteiger partial charge in [-0.1, -0.05) is 43.0 Å². The van der Waals surface area contributed by atoms with Crippen LogP contribution in [0.15, 0.2) is 53.7 Å². The number of aryl methyl sites for hydroxylation is 1. The van der Waals surface area contributed by atoms with E-state index in [4.69, 9.17) is 4.74 Å². The Balaban J connectivity index is 1.55. The van der Waals surface area contributed by atoms with Crippen LogP contribution < -0.4 is 15.4 Å². The molecule has 0 radical (unpaired) electrons. The summed E-state index contributed by atoms with van der Waals surface area (Å²) in [7, 11) is 1.61. The third-order valence-corrected chi connectivity index (χ3v) is 6.30. The fraction of sp³-hybridized carbons (Fsp3) is 0.360. The molecule has 34 heavy (non-hydrogen) atoms. The molecule has 1 unspecified atom stereocenters. The third kappa shape index (κ3) is 6.84. The lowest BCUT2D eigenvalue weighted by atomic mass is 10.1. The SMILES string of the molecule is CCc1ccc(NC(=O)CSc2nnc(C(C)NC(=O)Cc3ccc(OC)cc3)n2CC)cc1. The van der Waals surface area contributed by atoms with Crippen LogP contribution in [0, 0.1) is 0 Å². The summed E-state index contributed by atoms with van der Waals surface area (Å²) in [5, 5.41) is 15.1. The first kappa shape index (κ1) is 25.3. The van der Waals surface area contributed by atoms with Crippen molar-refractivity contribution in [2.75, 3.05) is 18.2 Å². The van der Waals surface area contributed by atoms with E-state index in [1.54, 1.807) is 7.11 Å². The van der Waals surface area contributed by atoms with E-state index < -0.39 is 0 Å². The summed E-state index contributed by atoms with van der Waals surface area (Å²) < 4.78 is 7.07. The average molecular weight is 482 g/mol. The number of amides is 2. The molecule has 8 nitrogen and oxygen atoms in total. The third-order valence-electron chi connectivity index (χ3n) is 5.33. The molecule has 0 aliphatic carbocycles. The molecule has 0 saturated carbocycles. The Morgan fingerprint density at radius 2 is 1.68 bits per heavy atom. The van der Waals surface area contributed by atoms with Crippen molar-refractivity contribution in [1.82, 2.24) is 20.1 Å². The molecule has 3 rings (SSSR count). The number of anilines is 1. The van der Waals surface area contributed by atoms with E-state index in [1.807, 2.05) is 66.9 Å². The molecular weight excluding hydrogens is 450 g/mol. The number of carbonyl (C=O) groups is 2. The number of nitrogens with zero attached hydrogens (tertiary/aromatic N) is 3. The van der Waals surface area contributed by atoms with Crippen molar-refractivity contribution >= 4 is 29.3 Å². The molecule has 2 N–H and O–H groups in total. The Kier molecular flexibility index (Phi) is 9.09. The lowest BCUT2D eigenvalue weighted by Crippen LogP contribution is -2.30. The van der Waals surface area contributed by atoms with Gasteiger partial charge in [0.15, 0.2) is 11.0 Å². The summed E-state index contributed by atoms with van der Waals surface area (Å²) in [6, 6.07) is 14.9. The van der Waals surface area contributed by atoms with Crippen LogP contribution in [-0.4, -0.2) is 39.4 Å². The van der Waals surface area contributed by atoms with Crippen molar-refractivity contribution in [1.29, 1.82) is 0 Å². The van der Waals surface area contributed by atoms with Gasteiger partial charge in [0.05, 0.1) is 25.3 Å². The minimum absolute atomic E-state index is 0.106. The number of hydrogen-bond acceptors (Lipinski definition) is 6. The van der Waals surface area contributed by atoms with Crippen molar-refractivity contribution in [2.24, 2.45) is 0 Å². The van der Waals surface area contributed by atoms with Gasteiger partial charge in [0.1, 0.15) is 5.75 Å². The molecule has 3 aromatic rings. The zero-order valence-electron chi connectivity index (χ0n) is 20.0. The number of rotatable bonds is 11. The summed E-state index contributed by atoms with van der Waals surface area (Å²) in [6.07, 6.45) is 1.22. The highest BCUT2D eigenvalue weighted by Gasteiger charge is 2.20. The van der Waals surface area contributed by atoms with Gasteiger partial charge in [0, 0.05) is 12.2 Å². The number of thioether (sulfide) groups is 1. The fourth-order valence-corrected chi connectivity index (χ4v) is 4.27. The molecule has 1 aromatic heterocycles. The van der Waals surface area contributed by atoms with Crippen LogP contribution in [0.25, 0.3) is 0 Å². The Hall–Kier alpha value is -3.33. The highest BCUT2D eigenvalue weighted by molar-refractivity contribution is 7.99. The molecule has 0 aliphatic rings. The molecule has 0 saturated heterocycles. The minimum Gasteiger partial charge on any atom is -0.497 e. The molecule has 1 heterocycles. The Labute approximate surface area is 204 Å². The number of aromatic nitrogens is 3. The van der Waals surface area contributed by atoms with Gasteiger partial charge in [-0.15, -0.1) is 10.2 Å². The summed E-state index contributed by atoms with van der Waals surface area (Å²) in [5.74, 6) is 1.41. The van der Waals surface area contributed by atoms with Gasteiger partial charge in [-0.05, 0) is 55.7 Å². The van der Waals surface area contributed by atoms with Crippen molar-refractivity contribution in [3.05, 3.63) is 65.5 Å². The molecule has 180 valence electrons. The normalized spacial score (nSPS) is 11.6. The van der Waals surface area contributed by atoms with E-state index in [0.29, 0.717) is 17.5 Å². The van der Waals surface area contributed by atoms with E-state index in [9.17, 15) is 9.59 Å². The molecular formula is C25H31N5O3S. The molecule has 9 heteroatoms. The van der Waals surface area contributed by atoms with Crippen LogP contribution in [-0.2, 0) is 29.0 Å². The van der Waals surface area contributed by atoms with E-state index in [-0.39, 0.29) is 30.0 Å². The van der Waals surface area contributed by atoms with E-state index >= 15 is 0 Å². The topological polar surface area (TPSA) is 98.1 Å². The van der Waals surface area contributed by atoms with Crippen molar-refractivity contribution in [2.45, 2.75) is 51.4 Å². The quantitative estimate of drug-likeness (QED) is 0.402. The summed E-state index contributed by atoms with van der Waals surface area (Å²) >= 11 is 1.32. The number of ether oxygens (including phenoxy) is 1. The van der Waals surface area contributed by atoms with Crippen LogP contribution in [0.1, 0.15) is 43.8 Å². The van der Waals surface area contributed by atoms with Crippen LogP contribution >= 0.6 is 11.8 Å². The Morgan fingerprint density at radius 1 is 1.00 bits per heavy atom. The lowest BCUT2D eigenvalue weighted by molar-refractivity contribution is -0.121. The zero-order valence-corrected chi connectivity index (χ0v) is 20.8. The number of benzene rings is 2. The number of nitrogens with one attached hydrogen (secondary N) is 2. The van der Waals surface area contributed by atoms with Gasteiger partial charge in [0.25, 0.3) is 0 Å². The average Bonchev–Trinajstić information content (AvgIpc) is 3.27. The Morgan fingerprint density at radius 3 is 2.29 bits per heavy atom. The van der Waals surface area contributed by atoms with Gasteiger partial charge in [-0.25, -0.2) is 0 Å². The first-order valence-corrected chi connectivity index (χ1v) is 12.3. The van der Waals surface area contributed by atoms with Crippen LogP contribution in [0.5, 0.6) is 5.75 Å². The minimum atomic E-state index is -0.321. The van der Waals surface area contributed by atoms with Gasteiger partial charge >= 0.3 is 0 Å². The monoisotopic (exact) mass is 481 g/mol. The molecule has 0 spiro atoms. The predicted molar refractivity (Wildman–Crippen MR) is 134 cm³/mol. The van der Waals surface area contributed by atoms with E-state index in [1.165, 1.54) is 17.3 Å². The van der Waals surface area contributed by atoms with Gasteiger partial charge in [0.2, 0.25) is 11.8 Å². The fourth-order valence-electron chi connectivity index (χ4n) is 3.46. The molecule has 0 bridgehead atoms. The maximum absolute atomic E-state index is 12.5. The van der Waals surface area contributed by atoms with Crippen molar-refractivity contribution in [3.63, 3.8) is 0 Å². The summed E-state index contributed by atoms with van der Waals surface area (Å²) in [6.45, 7) is 6.58. The second-order valence-electron chi connectivity index (χ2n) is 7.79. The molecule has 1 atom stereocenters. The summed E-state index contributed by atoms with van der Waals surface area (Å²) in [5.41, 5.74) is 2.89. The highest BCUT2D eigenvalue weighted by atomic mass is 32.2. The van der Waals surface area contributed by atoms with E-state index in [2.05, 4.69) is 27.8 Å². The lowest BCUT2D eigenvalue weighted by Gasteiger charge is -2.15. The standard InChI is InChI=1S/C25H31N5O3S/c1-5-18-7-11-20(12-8-18)27-23(32)16-34-25-29-28-24(30(25)6-2)17(3)26-22(31)15-19-9-13-21(33-4)14-10-19/h7-14,17H,5-6,15-16H2,1-4H3,(H,26,31)(H,27,32). The first-order chi connectivity index (χ1) is 16.4. The van der Waals surface area contributed by atoms with Crippen LogP contribution in [0.2, 0.25) is 0 Å². The van der Waals surface area contributed by atoms with Crippen LogP contribution in [0.3, 0.4) is 0 Å². The number of carbonyl (C=O) groups excluding carboxylic acids is 2. The molecule has 2 amide bonds. The number of methoxy groups -OCH3 is 1. The largest absolute Gasteiger partial charge is 0.497 e. The Bertz CT molecular complexity index is 1100. The predicted octanol–water partition coefficient (Wildman–Crippen LogP) is 4.02. The second kappa shape index (κ2) is 12.2. The zero-order chi connectivity index (χ0) is 24.5. The molecule has 0 aliphatic heterocycles. The van der Waals surface area contributed by atoms with Gasteiger partial charge in [-0.3, -0.25) is 9.59 Å². The van der Waals surface area contributed by atoms with Crippen molar-refractivity contribution in [3.8, 4) is 5.75 Å². The van der Waals surface area contributed by atoms with Crippen LogP contribution in [0.4, 0.5) is 5.69 Å². The second-order valence-corrected chi connectivity index (χ2v) is 8.73. The molecule has 0 fully saturated rings.